The van der Waals surface area contributed by atoms with Gasteiger partial charge in [-0.1, -0.05) is 39.8 Å². The van der Waals surface area contributed by atoms with Gasteiger partial charge < -0.3 is 14.6 Å². The standard InChI is InChI=1S/C24H24O5/c1-23(2)9-10-24(3,4)17-12-18-15(11-16(17)23)19(25)20(26)21(29-18)13-5-7-14(8-6-13)22(27)28/h5-8,11-12,26H,9-10H2,1-4H3,(H,27,28). The van der Waals surface area contributed by atoms with Crippen LogP contribution in [0.25, 0.3) is 22.3 Å². The minimum absolute atomic E-state index is 0.0429. The van der Waals surface area contributed by atoms with Crippen LogP contribution < -0.4 is 5.43 Å². The largest absolute Gasteiger partial charge is 0.502 e. The second-order valence-corrected chi connectivity index (χ2v) is 9.15. The Balaban J connectivity index is 1.98. The maximum absolute atomic E-state index is 13.0. The van der Waals surface area contributed by atoms with Gasteiger partial charge in [0, 0.05) is 5.56 Å². The van der Waals surface area contributed by atoms with Crippen molar-refractivity contribution in [1.29, 1.82) is 0 Å². The Morgan fingerprint density at radius 2 is 1.52 bits per heavy atom. The molecule has 0 saturated carbocycles. The molecule has 0 bridgehead atoms. The number of rotatable bonds is 2. The van der Waals surface area contributed by atoms with Crippen LogP contribution in [0.5, 0.6) is 5.75 Å². The van der Waals surface area contributed by atoms with E-state index in [0.717, 1.165) is 24.0 Å². The Morgan fingerprint density at radius 3 is 2.07 bits per heavy atom. The SMILES string of the molecule is CC1(C)CCC(C)(C)c2cc3c(=O)c(O)c(-c4ccc(C(=O)O)cc4)oc3cc21. The lowest BCUT2D eigenvalue weighted by Crippen LogP contribution is -2.34. The molecule has 0 saturated heterocycles. The molecule has 0 unspecified atom stereocenters. The molecule has 0 amide bonds. The first-order valence-electron chi connectivity index (χ1n) is 9.70. The number of benzene rings is 2. The Bertz CT molecular complexity index is 1200. The summed E-state index contributed by atoms with van der Waals surface area (Å²) in [4.78, 5) is 24.0. The summed E-state index contributed by atoms with van der Waals surface area (Å²) >= 11 is 0. The van der Waals surface area contributed by atoms with E-state index in [1.165, 1.54) is 24.3 Å². The van der Waals surface area contributed by atoms with Crippen LogP contribution >= 0.6 is 0 Å². The van der Waals surface area contributed by atoms with Crippen molar-refractivity contribution in [2.24, 2.45) is 0 Å². The van der Waals surface area contributed by atoms with E-state index in [1.807, 2.05) is 12.1 Å². The molecule has 2 N–H and O–H groups in total. The minimum atomic E-state index is -1.04. The van der Waals surface area contributed by atoms with E-state index < -0.39 is 17.1 Å². The van der Waals surface area contributed by atoms with E-state index in [0.29, 0.717) is 16.5 Å². The highest BCUT2D eigenvalue weighted by molar-refractivity contribution is 5.89. The summed E-state index contributed by atoms with van der Waals surface area (Å²) in [7, 11) is 0. The molecular formula is C24H24O5. The number of hydrogen-bond donors (Lipinski definition) is 2. The van der Waals surface area contributed by atoms with Gasteiger partial charge in [0.15, 0.2) is 5.76 Å². The van der Waals surface area contributed by atoms with Gasteiger partial charge in [0.25, 0.3) is 0 Å². The van der Waals surface area contributed by atoms with Crippen molar-refractivity contribution < 1.29 is 19.4 Å². The van der Waals surface area contributed by atoms with Gasteiger partial charge >= 0.3 is 5.97 Å². The van der Waals surface area contributed by atoms with Crippen LogP contribution in [0.15, 0.2) is 45.6 Å². The van der Waals surface area contributed by atoms with E-state index in [-0.39, 0.29) is 22.2 Å². The van der Waals surface area contributed by atoms with E-state index in [1.54, 1.807) is 0 Å². The first-order chi connectivity index (χ1) is 13.5. The van der Waals surface area contributed by atoms with Gasteiger partial charge in [-0.3, -0.25) is 4.79 Å². The predicted molar refractivity (Wildman–Crippen MR) is 112 cm³/mol. The Kier molecular flexibility index (Phi) is 4.12. The monoisotopic (exact) mass is 392 g/mol. The van der Waals surface area contributed by atoms with Gasteiger partial charge in [-0.25, -0.2) is 4.79 Å². The van der Waals surface area contributed by atoms with Gasteiger partial charge in [0.2, 0.25) is 11.2 Å². The lowest BCUT2D eigenvalue weighted by Gasteiger charge is -2.41. The van der Waals surface area contributed by atoms with Crippen LogP contribution in [0.1, 0.15) is 62.0 Å². The fraction of sp³-hybridized carbons (Fsp3) is 0.333. The first kappa shape index (κ1) is 19.2. The van der Waals surface area contributed by atoms with Gasteiger partial charge in [-0.15, -0.1) is 0 Å². The molecule has 0 radical (unpaired) electrons. The molecule has 0 fully saturated rings. The maximum Gasteiger partial charge on any atom is 0.335 e. The van der Waals surface area contributed by atoms with Crippen molar-refractivity contribution in [3.8, 4) is 17.1 Å². The minimum Gasteiger partial charge on any atom is -0.502 e. The Morgan fingerprint density at radius 1 is 0.966 bits per heavy atom. The zero-order valence-corrected chi connectivity index (χ0v) is 17.0. The Labute approximate surface area is 168 Å². The average Bonchev–Trinajstić information content (AvgIpc) is 2.67. The average molecular weight is 392 g/mol. The van der Waals surface area contributed by atoms with Gasteiger partial charge in [-0.05, 0) is 59.1 Å². The number of hydrogen-bond acceptors (Lipinski definition) is 4. The summed E-state index contributed by atoms with van der Waals surface area (Å²) in [5.41, 5.74) is 2.68. The van der Waals surface area contributed by atoms with Crippen LogP contribution in [-0.4, -0.2) is 16.2 Å². The summed E-state index contributed by atoms with van der Waals surface area (Å²) < 4.78 is 5.99. The molecular weight excluding hydrogens is 368 g/mol. The quantitative estimate of drug-likeness (QED) is 0.625. The molecule has 150 valence electrons. The molecule has 1 heterocycles. The number of aromatic hydroxyl groups is 1. The molecule has 5 nitrogen and oxygen atoms in total. The molecule has 1 aromatic heterocycles. The first-order valence-corrected chi connectivity index (χ1v) is 9.70. The summed E-state index contributed by atoms with van der Waals surface area (Å²) in [6.07, 6.45) is 2.05. The van der Waals surface area contributed by atoms with Crippen molar-refractivity contribution in [1.82, 2.24) is 0 Å². The van der Waals surface area contributed by atoms with Crippen LogP contribution in [0, 0.1) is 0 Å². The molecule has 1 aliphatic carbocycles. The van der Waals surface area contributed by atoms with Crippen LogP contribution in [0.4, 0.5) is 0 Å². The highest BCUT2D eigenvalue weighted by atomic mass is 16.4. The molecule has 5 heteroatoms. The highest BCUT2D eigenvalue weighted by Gasteiger charge is 2.37. The number of carboxylic acid groups (broad SMARTS) is 1. The number of carbonyl (C=O) groups is 1. The number of fused-ring (bicyclic) bond motifs is 2. The summed E-state index contributed by atoms with van der Waals surface area (Å²) in [6, 6.07) is 9.69. The number of carboxylic acids is 1. The van der Waals surface area contributed by atoms with Gasteiger partial charge in [0.1, 0.15) is 5.58 Å². The lowest BCUT2D eigenvalue weighted by atomic mass is 9.63. The lowest BCUT2D eigenvalue weighted by molar-refractivity contribution is 0.0697. The van der Waals surface area contributed by atoms with Crippen LogP contribution in [0.2, 0.25) is 0 Å². The van der Waals surface area contributed by atoms with Crippen molar-refractivity contribution >= 4 is 16.9 Å². The topological polar surface area (TPSA) is 87.7 Å². The molecule has 3 aromatic rings. The molecule has 29 heavy (non-hydrogen) atoms. The third-order valence-corrected chi connectivity index (χ3v) is 6.23. The Hall–Kier alpha value is -3.08. The molecule has 0 aliphatic heterocycles. The normalized spacial score (nSPS) is 17.1. The predicted octanol–water partition coefficient (Wildman–Crippen LogP) is 5.21. The fourth-order valence-corrected chi connectivity index (χ4v) is 4.20. The summed E-state index contributed by atoms with van der Waals surface area (Å²) in [5, 5.41) is 20.0. The van der Waals surface area contributed by atoms with E-state index in [4.69, 9.17) is 9.52 Å². The third kappa shape index (κ3) is 3.01. The van der Waals surface area contributed by atoms with Crippen molar-refractivity contribution in [3.05, 3.63) is 63.3 Å². The highest BCUT2D eigenvalue weighted by Crippen LogP contribution is 2.47. The molecule has 2 aromatic carbocycles. The van der Waals surface area contributed by atoms with Crippen LogP contribution in [-0.2, 0) is 10.8 Å². The fourth-order valence-electron chi connectivity index (χ4n) is 4.20. The van der Waals surface area contributed by atoms with E-state index in [2.05, 4.69) is 27.7 Å². The van der Waals surface area contributed by atoms with Crippen LogP contribution in [0.3, 0.4) is 0 Å². The summed E-state index contributed by atoms with van der Waals surface area (Å²) in [6.45, 7) is 8.73. The third-order valence-electron chi connectivity index (χ3n) is 6.23. The molecule has 4 rings (SSSR count). The van der Waals surface area contributed by atoms with Gasteiger partial charge in [0.05, 0.1) is 10.9 Å². The second kappa shape index (κ2) is 6.21. The summed E-state index contributed by atoms with van der Waals surface area (Å²) in [5.74, 6) is -1.46. The van der Waals surface area contributed by atoms with Crippen molar-refractivity contribution in [3.63, 3.8) is 0 Å². The van der Waals surface area contributed by atoms with Crippen molar-refractivity contribution in [2.45, 2.75) is 51.4 Å². The molecule has 0 spiro atoms. The van der Waals surface area contributed by atoms with Gasteiger partial charge in [-0.2, -0.15) is 0 Å². The van der Waals surface area contributed by atoms with E-state index in [9.17, 15) is 14.7 Å². The number of aromatic carboxylic acids is 1. The molecule has 0 atom stereocenters. The smallest absolute Gasteiger partial charge is 0.335 e. The maximum atomic E-state index is 13.0. The van der Waals surface area contributed by atoms with E-state index >= 15 is 0 Å². The van der Waals surface area contributed by atoms with Crippen molar-refractivity contribution in [2.75, 3.05) is 0 Å². The second-order valence-electron chi connectivity index (χ2n) is 9.15. The zero-order chi connectivity index (χ0) is 21.1. The zero-order valence-electron chi connectivity index (χ0n) is 17.0. The molecule has 1 aliphatic rings.